The number of rotatable bonds is 8. The zero-order chi connectivity index (χ0) is 24.1. The predicted octanol–water partition coefficient (Wildman–Crippen LogP) is 9.24. The van der Waals surface area contributed by atoms with E-state index < -0.39 is 17.0 Å². The summed E-state index contributed by atoms with van der Waals surface area (Å²) in [5.41, 5.74) is 1.13. The molecule has 5 heteroatoms. The summed E-state index contributed by atoms with van der Waals surface area (Å²) in [6.07, 6.45) is 24.0. The topological polar surface area (TPSA) is 34.9 Å². The Hall–Kier alpha value is -0.491. The molecule has 0 spiro atoms. The Labute approximate surface area is 219 Å². The molecule has 5 rings (SSSR count). The van der Waals surface area contributed by atoms with Crippen molar-refractivity contribution in [3.63, 3.8) is 0 Å². The van der Waals surface area contributed by atoms with Gasteiger partial charge >= 0.3 is 221 Å². The van der Waals surface area contributed by atoms with Gasteiger partial charge in [0.1, 0.15) is 0 Å². The summed E-state index contributed by atoms with van der Waals surface area (Å²) >= 11 is -2.88. The van der Waals surface area contributed by atoms with Gasteiger partial charge in [-0.2, -0.15) is 0 Å². The van der Waals surface area contributed by atoms with Crippen LogP contribution < -0.4 is 5.56 Å². The van der Waals surface area contributed by atoms with E-state index in [2.05, 4.69) is 32.6 Å². The van der Waals surface area contributed by atoms with Crippen LogP contribution in [0.5, 0.6) is 0 Å². The molecule has 3 fully saturated rings. The summed E-state index contributed by atoms with van der Waals surface area (Å²) in [5, 5.41) is 1.93. The third kappa shape index (κ3) is 5.54. The molecular weight excluding hydrogens is 555 g/mol. The number of hydrogen-bond acceptors (Lipinski definition) is 3. The summed E-state index contributed by atoms with van der Waals surface area (Å²) in [6, 6.07) is 8.11. The predicted molar refractivity (Wildman–Crippen MR) is 153 cm³/mol. The van der Waals surface area contributed by atoms with Crippen LogP contribution in [0.15, 0.2) is 34.2 Å². The van der Waals surface area contributed by atoms with E-state index in [1.54, 1.807) is 0 Å². The first-order chi connectivity index (χ1) is 17.2. The van der Waals surface area contributed by atoms with Crippen molar-refractivity contribution in [1.29, 1.82) is 0 Å². The summed E-state index contributed by atoms with van der Waals surface area (Å²) in [5.74, 6) is 0. The van der Waals surface area contributed by atoms with Crippen molar-refractivity contribution in [1.82, 2.24) is 9.55 Å². The van der Waals surface area contributed by atoms with Gasteiger partial charge in [-0.3, -0.25) is 0 Å². The minimum absolute atomic E-state index is 0.211. The van der Waals surface area contributed by atoms with Crippen LogP contribution in [-0.4, -0.2) is 26.5 Å². The third-order valence-corrected chi connectivity index (χ3v) is 37.6. The van der Waals surface area contributed by atoms with Crippen molar-refractivity contribution in [3.05, 3.63) is 34.6 Å². The molecule has 0 bridgehead atoms. The van der Waals surface area contributed by atoms with Crippen LogP contribution in [0.3, 0.4) is 0 Å². The first-order valence-corrected chi connectivity index (χ1v) is 24.2. The van der Waals surface area contributed by atoms with Gasteiger partial charge in [0, 0.05) is 0 Å². The Kier molecular flexibility index (Phi) is 9.23. The number of benzene rings is 1. The first-order valence-electron chi connectivity index (χ1n) is 14.9. The van der Waals surface area contributed by atoms with E-state index in [1.807, 2.05) is 12.1 Å². The Balaban J connectivity index is 1.65. The van der Waals surface area contributed by atoms with Crippen LogP contribution in [0.2, 0.25) is 11.8 Å². The fourth-order valence-electron chi connectivity index (χ4n) is 7.81. The van der Waals surface area contributed by atoms with Crippen LogP contribution in [0, 0.1) is 0 Å². The standard InChI is InChI=1S/C12H14N2OS.3C6H11.Sn/c1-2-3-8-14-11(15)9-6-4-5-7-10(9)13-12(14)16;3*1-2-4-6-5-3-1;/h4-7H,2-3,8H2,1H3,(H,13,16);3*1H,2-6H2;/q;;;;+1/p-1. The molecule has 0 radical (unpaired) electrons. The van der Waals surface area contributed by atoms with Gasteiger partial charge in [-0.25, -0.2) is 0 Å². The summed E-state index contributed by atoms with van der Waals surface area (Å²) < 4.78 is 5.09. The van der Waals surface area contributed by atoms with Gasteiger partial charge in [-0.1, -0.05) is 0 Å². The summed E-state index contributed by atoms with van der Waals surface area (Å²) in [6.45, 7) is 3.07. The molecule has 1 heterocycles. The summed E-state index contributed by atoms with van der Waals surface area (Å²) in [7, 11) is 2.32. The SMILES string of the molecule is CCCCn1c([S][Sn]([CH]2CCCCC2)([CH]2CCCCC2)[CH]2CCCCC2)nc2ccccc2c1=O. The van der Waals surface area contributed by atoms with E-state index in [0.717, 1.165) is 47.2 Å². The second-order valence-electron chi connectivity index (χ2n) is 11.7. The number of fused-ring (bicyclic) bond motifs is 1. The molecule has 2 aromatic rings. The molecule has 0 aliphatic heterocycles. The van der Waals surface area contributed by atoms with Crippen molar-refractivity contribution in [2.45, 2.75) is 140 Å². The Bertz CT molecular complexity index is 973. The Morgan fingerprint density at radius 2 is 1.34 bits per heavy atom. The van der Waals surface area contributed by atoms with E-state index in [1.165, 1.54) is 96.3 Å². The van der Waals surface area contributed by atoms with Gasteiger partial charge in [-0.05, 0) is 0 Å². The molecule has 0 unspecified atom stereocenters. The van der Waals surface area contributed by atoms with Crippen molar-refractivity contribution >= 4 is 36.8 Å². The molecule has 3 nitrogen and oxygen atoms in total. The molecular formula is C30H46N2OSSn. The van der Waals surface area contributed by atoms with E-state index in [0.29, 0.717) is 0 Å². The van der Waals surface area contributed by atoms with Crippen molar-refractivity contribution < 1.29 is 0 Å². The average molecular weight is 601 g/mol. The van der Waals surface area contributed by atoms with Crippen molar-refractivity contribution in [2.75, 3.05) is 0 Å². The molecule has 35 heavy (non-hydrogen) atoms. The van der Waals surface area contributed by atoms with Crippen molar-refractivity contribution in [2.24, 2.45) is 0 Å². The molecule has 3 aliphatic carbocycles. The van der Waals surface area contributed by atoms with Gasteiger partial charge < -0.3 is 0 Å². The maximum atomic E-state index is 13.8. The fraction of sp³-hybridized carbons (Fsp3) is 0.733. The van der Waals surface area contributed by atoms with Crippen LogP contribution >= 0.6 is 8.95 Å². The number of para-hydroxylation sites is 1. The summed E-state index contributed by atoms with van der Waals surface area (Å²) in [4.78, 5) is 19.1. The Morgan fingerprint density at radius 3 is 1.86 bits per heavy atom. The number of nitrogens with zero attached hydrogens (tertiary/aromatic N) is 2. The second-order valence-corrected chi connectivity index (χ2v) is 30.6. The second kappa shape index (κ2) is 12.4. The zero-order valence-electron chi connectivity index (χ0n) is 22.0. The molecule has 3 aliphatic rings. The number of unbranched alkanes of at least 4 members (excludes halogenated alkanes) is 1. The Morgan fingerprint density at radius 1 is 0.829 bits per heavy atom. The average Bonchev–Trinajstić information content (AvgIpc) is 2.93. The maximum absolute atomic E-state index is 13.8. The van der Waals surface area contributed by atoms with Gasteiger partial charge in [0.15, 0.2) is 0 Å². The molecule has 0 N–H and O–H groups in total. The van der Waals surface area contributed by atoms with E-state index in [-0.39, 0.29) is 5.56 Å². The molecule has 1 aromatic heterocycles. The molecule has 0 amide bonds. The quantitative estimate of drug-likeness (QED) is 0.224. The minimum atomic E-state index is -2.88. The van der Waals surface area contributed by atoms with Gasteiger partial charge in [-0.15, -0.1) is 0 Å². The van der Waals surface area contributed by atoms with Gasteiger partial charge in [0.05, 0.1) is 0 Å². The third-order valence-electron chi connectivity index (χ3n) is 9.56. The number of hydrogen-bond donors (Lipinski definition) is 0. The molecule has 0 saturated heterocycles. The van der Waals surface area contributed by atoms with Gasteiger partial charge in [0.25, 0.3) is 0 Å². The van der Waals surface area contributed by atoms with Gasteiger partial charge in [0.2, 0.25) is 0 Å². The monoisotopic (exact) mass is 602 g/mol. The van der Waals surface area contributed by atoms with Crippen LogP contribution in [0.4, 0.5) is 0 Å². The van der Waals surface area contributed by atoms with Crippen LogP contribution in [-0.2, 0) is 6.54 Å². The van der Waals surface area contributed by atoms with Crippen LogP contribution in [0.25, 0.3) is 10.9 Å². The molecule has 3 saturated carbocycles. The van der Waals surface area contributed by atoms with E-state index in [4.69, 9.17) is 4.98 Å². The first kappa shape index (κ1) is 26.1. The number of aromatic nitrogens is 2. The van der Waals surface area contributed by atoms with E-state index >= 15 is 0 Å². The van der Waals surface area contributed by atoms with E-state index in [9.17, 15) is 4.79 Å². The van der Waals surface area contributed by atoms with Crippen LogP contribution in [0.1, 0.15) is 116 Å². The molecule has 0 atom stereocenters. The zero-order valence-corrected chi connectivity index (χ0v) is 25.7. The molecule has 192 valence electrons. The fourth-order valence-corrected chi connectivity index (χ4v) is 39.0. The molecule has 1 aromatic carbocycles. The van der Waals surface area contributed by atoms with Crippen molar-refractivity contribution in [3.8, 4) is 0 Å². The normalized spacial score (nSPS) is 21.5.